The van der Waals surface area contributed by atoms with Crippen LogP contribution in [0.15, 0.2) is 24.3 Å². The van der Waals surface area contributed by atoms with E-state index in [0.717, 1.165) is 25.3 Å². The van der Waals surface area contributed by atoms with E-state index in [4.69, 9.17) is 4.74 Å². The van der Waals surface area contributed by atoms with Crippen LogP contribution in [0.4, 0.5) is 0 Å². The summed E-state index contributed by atoms with van der Waals surface area (Å²) in [5.74, 6) is 1.49. The van der Waals surface area contributed by atoms with Crippen LogP contribution in [0, 0.1) is 0 Å². The minimum Gasteiger partial charge on any atom is -0.492 e. The molecule has 0 amide bonds. The molecule has 2 rings (SSSR count). The summed E-state index contributed by atoms with van der Waals surface area (Å²) in [6.07, 6.45) is 2.30. The third-order valence-electron chi connectivity index (χ3n) is 3.90. The Labute approximate surface area is 116 Å². The highest BCUT2D eigenvalue weighted by Crippen LogP contribution is 2.19. The summed E-state index contributed by atoms with van der Waals surface area (Å²) in [4.78, 5) is 2.32. The molecule has 3 nitrogen and oxygen atoms in total. The smallest absolute Gasteiger partial charge is 0.119 e. The Morgan fingerprint density at radius 1 is 1.32 bits per heavy atom. The highest BCUT2D eigenvalue weighted by atomic mass is 16.5. The lowest BCUT2D eigenvalue weighted by Crippen LogP contribution is -2.35. The van der Waals surface area contributed by atoms with Gasteiger partial charge in [0.05, 0.1) is 6.61 Å². The van der Waals surface area contributed by atoms with E-state index >= 15 is 0 Å². The molecule has 1 N–H and O–H groups in total. The Kier molecular flexibility index (Phi) is 5.23. The molecule has 0 bridgehead atoms. The van der Waals surface area contributed by atoms with Gasteiger partial charge in [-0.2, -0.15) is 0 Å². The molecule has 3 heteroatoms. The molecule has 106 valence electrons. The van der Waals surface area contributed by atoms with Crippen molar-refractivity contribution in [3.8, 4) is 5.75 Å². The average Bonchev–Trinajstić information content (AvgIpc) is 2.87. The van der Waals surface area contributed by atoms with Crippen LogP contribution in [0.25, 0.3) is 0 Å². The molecule has 1 aromatic rings. The molecule has 0 spiro atoms. The molecule has 19 heavy (non-hydrogen) atoms. The molecule has 0 radical (unpaired) electrons. The number of ether oxygens (including phenoxy) is 1. The molecule has 1 saturated heterocycles. The van der Waals surface area contributed by atoms with Crippen LogP contribution >= 0.6 is 0 Å². The number of likely N-dealkylation sites (tertiary alicyclic amines) is 1. The second kappa shape index (κ2) is 6.92. The van der Waals surface area contributed by atoms with Gasteiger partial charge in [0.2, 0.25) is 0 Å². The zero-order chi connectivity index (χ0) is 13.7. The minimum absolute atomic E-state index is 0.267. The number of nitrogens with zero attached hydrogens (tertiary/aromatic N) is 1. The summed E-state index contributed by atoms with van der Waals surface area (Å²) in [6.45, 7) is 7.33. The Morgan fingerprint density at radius 2 is 2.05 bits per heavy atom. The highest BCUT2D eigenvalue weighted by molar-refractivity contribution is 5.28. The predicted octanol–water partition coefficient (Wildman–Crippen LogP) is 2.65. The zero-order valence-electron chi connectivity index (χ0n) is 12.0. The van der Waals surface area contributed by atoms with E-state index < -0.39 is 0 Å². The fraction of sp³-hybridized carbons (Fsp3) is 0.625. The van der Waals surface area contributed by atoms with Crippen LogP contribution in [0.5, 0.6) is 5.75 Å². The molecule has 1 aliphatic heterocycles. The standard InChI is InChI=1S/C16H25NO2/c1-13(2)14-5-7-16(8-6-14)19-11-10-17-9-3-4-15(17)12-18/h5-8,13,15,18H,3-4,9-12H2,1-2H3. The molecule has 1 atom stereocenters. The fourth-order valence-electron chi connectivity index (χ4n) is 2.63. The Hall–Kier alpha value is -1.06. The van der Waals surface area contributed by atoms with Crippen molar-refractivity contribution in [1.29, 1.82) is 0 Å². The van der Waals surface area contributed by atoms with E-state index in [1.807, 2.05) is 12.1 Å². The second-order valence-electron chi connectivity index (χ2n) is 5.59. The molecule has 0 aromatic heterocycles. The van der Waals surface area contributed by atoms with E-state index in [9.17, 15) is 5.11 Å². The van der Waals surface area contributed by atoms with Gasteiger partial charge < -0.3 is 9.84 Å². The van der Waals surface area contributed by atoms with Gasteiger partial charge in [-0.25, -0.2) is 0 Å². The Bertz CT molecular complexity index is 375. The van der Waals surface area contributed by atoms with Gasteiger partial charge >= 0.3 is 0 Å². The lowest BCUT2D eigenvalue weighted by atomic mass is 10.0. The molecule has 1 heterocycles. The first-order chi connectivity index (χ1) is 9.20. The van der Waals surface area contributed by atoms with Crippen LogP contribution in [0.2, 0.25) is 0 Å². The Balaban J connectivity index is 1.76. The van der Waals surface area contributed by atoms with Gasteiger partial charge in [-0.1, -0.05) is 26.0 Å². The minimum atomic E-state index is 0.267. The van der Waals surface area contributed by atoms with Gasteiger partial charge in [0.25, 0.3) is 0 Å². The van der Waals surface area contributed by atoms with E-state index in [-0.39, 0.29) is 6.61 Å². The van der Waals surface area contributed by atoms with Crippen molar-refractivity contribution >= 4 is 0 Å². The van der Waals surface area contributed by atoms with Crippen molar-refractivity contribution in [2.75, 3.05) is 26.3 Å². The van der Waals surface area contributed by atoms with Gasteiger partial charge in [0.1, 0.15) is 12.4 Å². The largest absolute Gasteiger partial charge is 0.492 e. The van der Waals surface area contributed by atoms with Crippen LogP contribution in [0.1, 0.15) is 38.2 Å². The maximum atomic E-state index is 9.25. The highest BCUT2D eigenvalue weighted by Gasteiger charge is 2.22. The van der Waals surface area contributed by atoms with Crippen molar-refractivity contribution in [2.45, 2.75) is 38.6 Å². The molecule has 1 unspecified atom stereocenters. The number of benzene rings is 1. The summed E-state index contributed by atoms with van der Waals surface area (Å²) >= 11 is 0. The zero-order valence-corrected chi connectivity index (χ0v) is 12.0. The molecule has 0 saturated carbocycles. The summed E-state index contributed by atoms with van der Waals surface area (Å²) in [6, 6.07) is 8.69. The number of aliphatic hydroxyl groups excluding tert-OH is 1. The topological polar surface area (TPSA) is 32.7 Å². The van der Waals surface area contributed by atoms with E-state index in [0.29, 0.717) is 18.6 Å². The quantitative estimate of drug-likeness (QED) is 0.856. The van der Waals surface area contributed by atoms with E-state index in [1.54, 1.807) is 0 Å². The monoisotopic (exact) mass is 263 g/mol. The van der Waals surface area contributed by atoms with Gasteiger partial charge in [-0.3, -0.25) is 4.90 Å². The fourth-order valence-corrected chi connectivity index (χ4v) is 2.63. The number of aliphatic hydroxyl groups is 1. The van der Waals surface area contributed by atoms with Gasteiger partial charge in [-0.15, -0.1) is 0 Å². The second-order valence-corrected chi connectivity index (χ2v) is 5.59. The molecule has 1 aromatic carbocycles. The van der Waals surface area contributed by atoms with Crippen LogP contribution in [0.3, 0.4) is 0 Å². The predicted molar refractivity (Wildman–Crippen MR) is 77.7 cm³/mol. The van der Waals surface area contributed by atoms with Gasteiger partial charge in [0.15, 0.2) is 0 Å². The number of rotatable bonds is 6. The van der Waals surface area contributed by atoms with Gasteiger partial charge in [-0.05, 0) is 43.0 Å². The SMILES string of the molecule is CC(C)c1ccc(OCCN2CCCC2CO)cc1. The first-order valence-electron chi connectivity index (χ1n) is 7.28. The van der Waals surface area contributed by atoms with E-state index in [1.165, 1.54) is 12.0 Å². The summed E-state index contributed by atoms with van der Waals surface area (Å²) in [5.41, 5.74) is 1.34. The molecule has 0 aliphatic carbocycles. The van der Waals surface area contributed by atoms with Crippen molar-refractivity contribution in [2.24, 2.45) is 0 Å². The summed E-state index contributed by atoms with van der Waals surface area (Å²) in [7, 11) is 0. The summed E-state index contributed by atoms with van der Waals surface area (Å²) < 4.78 is 5.77. The van der Waals surface area contributed by atoms with Crippen molar-refractivity contribution in [3.63, 3.8) is 0 Å². The third kappa shape index (κ3) is 3.95. The van der Waals surface area contributed by atoms with Gasteiger partial charge in [0, 0.05) is 12.6 Å². The van der Waals surface area contributed by atoms with Crippen molar-refractivity contribution in [3.05, 3.63) is 29.8 Å². The van der Waals surface area contributed by atoms with Crippen LogP contribution in [-0.2, 0) is 0 Å². The maximum Gasteiger partial charge on any atom is 0.119 e. The normalized spacial score (nSPS) is 20.1. The first-order valence-corrected chi connectivity index (χ1v) is 7.28. The molecule has 1 fully saturated rings. The van der Waals surface area contributed by atoms with E-state index in [2.05, 4.69) is 30.9 Å². The van der Waals surface area contributed by atoms with Crippen LogP contribution < -0.4 is 4.74 Å². The Morgan fingerprint density at radius 3 is 2.68 bits per heavy atom. The first kappa shape index (κ1) is 14.4. The molecule has 1 aliphatic rings. The van der Waals surface area contributed by atoms with Crippen molar-refractivity contribution in [1.82, 2.24) is 4.90 Å². The molecular weight excluding hydrogens is 238 g/mol. The number of hydrogen-bond donors (Lipinski definition) is 1. The lowest BCUT2D eigenvalue weighted by Gasteiger charge is -2.22. The third-order valence-corrected chi connectivity index (χ3v) is 3.90. The lowest BCUT2D eigenvalue weighted by molar-refractivity contribution is 0.139. The summed E-state index contributed by atoms with van der Waals surface area (Å²) in [5, 5.41) is 9.25. The average molecular weight is 263 g/mol. The molecular formula is C16H25NO2. The van der Waals surface area contributed by atoms with Crippen LogP contribution in [-0.4, -0.2) is 42.4 Å². The maximum absolute atomic E-state index is 9.25. The number of hydrogen-bond acceptors (Lipinski definition) is 3. The van der Waals surface area contributed by atoms with Crippen molar-refractivity contribution < 1.29 is 9.84 Å².